The molecule has 2 aliphatic rings. The van der Waals surface area contributed by atoms with E-state index in [-0.39, 0.29) is 18.2 Å². The second-order valence-corrected chi connectivity index (χ2v) is 9.37. The Morgan fingerprint density at radius 2 is 2.16 bits per heavy atom. The fourth-order valence-electron chi connectivity index (χ4n) is 4.50. The lowest BCUT2D eigenvalue weighted by molar-refractivity contribution is 0.177. The molecule has 4 rings (SSSR count). The van der Waals surface area contributed by atoms with Gasteiger partial charge in [-0.3, -0.25) is 0 Å². The summed E-state index contributed by atoms with van der Waals surface area (Å²) in [6, 6.07) is 5.21. The lowest BCUT2D eigenvalue weighted by Crippen LogP contribution is -2.44. The predicted molar refractivity (Wildman–Crippen MR) is 121 cm³/mol. The topological polar surface area (TPSA) is 78.4 Å². The summed E-state index contributed by atoms with van der Waals surface area (Å²) in [4.78, 5) is 24.1. The van der Waals surface area contributed by atoms with E-state index >= 15 is 0 Å². The molecule has 0 unspecified atom stereocenters. The number of benzene rings is 1. The Morgan fingerprint density at radius 3 is 2.87 bits per heavy atom. The molecular weight excluding hydrogens is 435 g/mol. The summed E-state index contributed by atoms with van der Waals surface area (Å²) in [5.41, 5.74) is 2.97. The minimum absolute atomic E-state index is 0.109. The molecule has 31 heavy (non-hydrogen) atoms. The van der Waals surface area contributed by atoms with Crippen LogP contribution in [0.5, 0.6) is 0 Å². The van der Waals surface area contributed by atoms with Crippen molar-refractivity contribution in [3.8, 4) is 0 Å². The number of nitrogens with zero attached hydrogens (tertiary/aromatic N) is 3. The molecule has 0 saturated heterocycles. The number of aliphatic hydroxyl groups is 1. The molecule has 6 nitrogen and oxygen atoms in total. The molecule has 0 spiro atoms. The lowest BCUT2D eigenvalue weighted by atomic mass is 10.0. The van der Waals surface area contributed by atoms with E-state index < -0.39 is 0 Å². The van der Waals surface area contributed by atoms with Crippen molar-refractivity contribution in [2.24, 2.45) is 5.92 Å². The highest BCUT2D eigenvalue weighted by molar-refractivity contribution is 6.42. The lowest BCUT2D eigenvalue weighted by Gasteiger charge is -2.30. The van der Waals surface area contributed by atoms with E-state index in [4.69, 9.17) is 28.2 Å². The second-order valence-electron chi connectivity index (χ2n) is 8.55. The van der Waals surface area contributed by atoms with Crippen LogP contribution in [0.15, 0.2) is 24.4 Å². The van der Waals surface area contributed by atoms with Crippen LogP contribution in [-0.2, 0) is 19.4 Å². The van der Waals surface area contributed by atoms with Gasteiger partial charge < -0.3 is 15.3 Å². The van der Waals surface area contributed by atoms with Crippen molar-refractivity contribution in [3.63, 3.8) is 0 Å². The van der Waals surface area contributed by atoms with Crippen LogP contribution in [-0.4, -0.2) is 38.7 Å². The molecule has 8 heteroatoms. The number of rotatable bonds is 5. The van der Waals surface area contributed by atoms with Crippen LogP contribution in [0.25, 0.3) is 0 Å². The van der Waals surface area contributed by atoms with E-state index in [0.717, 1.165) is 61.2 Å². The first-order valence-electron chi connectivity index (χ1n) is 10.9. The summed E-state index contributed by atoms with van der Waals surface area (Å²) in [5.74, 6) is 1.25. The number of amides is 2. The van der Waals surface area contributed by atoms with Gasteiger partial charge in [0.15, 0.2) is 0 Å². The molecule has 0 bridgehead atoms. The van der Waals surface area contributed by atoms with Crippen molar-refractivity contribution in [2.75, 3.05) is 6.54 Å². The Kier molecular flexibility index (Phi) is 6.99. The van der Waals surface area contributed by atoms with Crippen LogP contribution < -0.4 is 5.32 Å². The first kappa shape index (κ1) is 22.3. The number of aromatic nitrogens is 2. The molecule has 2 aromatic rings. The fourth-order valence-corrected chi connectivity index (χ4v) is 4.81. The van der Waals surface area contributed by atoms with E-state index in [1.54, 1.807) is 11.0 Å². The normalized spacial score (nSPS) is 21.6. The zero-order valence-corrected chi connectivity index (χ0v) is 19.2. The average molecular weight is 463 g/mol. The van der Waals surface area contributed by atoms with Crippen LogP contribution in [0, 0.1) is 5.92 Å². The zero-order valence-electron chi connectivity index (χ0n) is 17.7. The molecule has 1 saturated carbocycles. The Labute approximate surface area is 193 Å². The fraction of sp³-hybridized carbons (Fsp3) is 0.522. The van der Waals surface area contributed by atoms with Gasteiger partial charge in [-0.25, -0.2) is 14.8 Å². The van der Waals surface area contributed by atoms with Crippen LogP contribution in [0.4, 0.5) is 4.79 Å². The third kappa shape index (κ3) is 5.30. The maximum Gasteiger partial charge on any atom is 0.318 e. The third-order valence-electron chi connectivity index (χ3n) is 6.32. The average Bonchev–Trinajstić information content (AvgIpc) is 3.17. The van der Waals surface area contributed by atoms with Gasteiger partial charge in [0.25, 0.3) is 0 Å². The van der Waals surface area contributed by atoms with E-state index in [2.05, 4.69) is 10.3 Å². The molecule has 3 atom stereocenters. The number of carbonyl (C=O) groups is 1. The number of hydrogen-bond acceptors (Lipinski definition) is 4. The number of hydrogen-bond donors (Lipinski definition) is 2. The first-order valence-corrected chi connectivity index (χ1v) is 11.7. The van der Waals surface area contributed by atoms with Gasteiger partial charge in [0, 0.05) is 19.2 Å². The van der Waals surface area contributed by atoms with Gasteiger partial charge in [-0.15, -0.1) is 0 Å². The van der Waals surface area contributed by atoms with Crippen molar-refractivity contribution in [1.29, 1.82) is 0 Å². The number of nitrogens with one attached hydrogen (secondary N) is 1. The molecule has 2 amide bonds. The molecule has 1 aromatic heterocycles. The van der Waals surface area contributed by atoms with Gasteiger partial charge >= 0.3 is 6.03 Å². The monoisotopic (exact) mass is 462 g/mol. The van der Waals surface area contributed by atoms with Gasteiger partial charge in [0.2, 0.25) is 0 Å². The van der Waals surface area contributed by atoms with Crippen molar-refractivity contribution in [3.05, 3.63) is 57.1 Å². The highest BCUT2D eigenvalue weighted by Crippen LogP contribution is 2.29. The molecule has 1 aromatic carbocycles. The summed E-state index contributed by atoms with van der Waals surface area (Å²) in [6.07, 6.45) is 6.69. The van der Waals surface area contributed by atoms with E-state index in [9.17, 15) is 9.90 Å². The summed E-state index contributed by atoms with van der Waals surface area (Å²) in [6.45, 7) is 3.13. The summed E-state index contributed by atoms with van der Waals surface area (Å²) >= 11 is 12.2. The number of fused-ring (bicyclic) bond motifs is 1. The Hall–Kier alpha value is -1.89. The highest BCUT2D eigenvalue weighted by atomic mass is 35.5. The van der Waals surface area contributed by atoms with E-state index in [1.807, 2.05) is 25.3 Å². The van der Waals surface area contributed by atoms with Gasteiger partial charge in [-0.05, 0) is 61.3 Å². The Morgan fingerprint density at radius 1 is 1.32 bits per heavy atom. The summed E-state index contributed by atoms with van der Waals surface area (Å²) < 4.78 is 0. The van der Waals surface area contributed by atoms with Crippen molar-refractivity contribution < 1.29 is 9.90 Å². The number of urea groups is 1. The second kappa shape index (κ2) is 9.72. The Balaban J connectivity index is 1.41. The third-order valence-corrected chi connectivity index (χ3v) is 7.06. The van der Waals surface area contributed by atoms with Crippen LogP contribution in [0.2, 0.25) is 10.0 Å². The number of aliphatic hydroxyl groups excluding tert-OH is 1. The molecule has 166 valence electrons. The molecule has 1 aliphatic heterocycles. The molecule has 1 aliphatic carbocycles. The minimum Gasteiger partial charge on any atom is -0.393 e. The van der Waals surface area contributed by atoms with E-state index in [1.165, 1.54) is 0 Å². The van der Waals surface area contributed by atoms with Crippen LogP contribution in [0.1, 0.15) is 61.3 Å². The zero-order chi connectivity index (χ0) is 22.0. The van der Waals surface area contributed by atoms with Crippen molar-refractivity contribution >= 4 is 29.2 Å². The summed E-state index contributed by atoms with van der Waals surface area (Å²) in [7, 11) is 0. The standard InChI is InChI=1S/C23H28Cl2N4O2/c1-2-20(15-4-6-18(24)19(25)11-15)28-23(31)29-8-7-16-12-26-22(27-21(16)13-29)10-14-3-5-17(30)9-14/h4,6,11-12,14,17,20,30H,2-3,5,7-10,13H2,1H3,(H,28,31)/t14-,17-,20+/m0/s1. The summed E-state index contributed by atoms with van der Waals surface area (Å²) in [5, 5.41) is 13.9. The van der Waals surface area contributed by atoms with Crippen molar-refractivity contribution in [1.82, 2.24) is 20.2 Å². The maximum absolute atomic E-state index is 13.0. The van der Waals surface area contributed by atoms with Gasteiger partial charge in [-0.2, -0.15) is 0 Å². The largest absolute Gasteiger partial charge is 0.393 e. The molecule has 2 N–H and O–H groups in total. The Bertz CT molecular complexity index is 955. The van der Waals surface area contributed by atoms with E-state index in [0.29, 0.717) is 29.1 Å². The van der Waals surface area contributed by atoms with Gasteiger partial charge in [0.1, 0.15) is 5.82 Å². The number of halogens is 2. The maximum atomic E-state index is 13.0. The van der Waals surface area contributed by atoms with Crippen LogP contribution in [0.3, 0.4) is 0 Å². The SMILES string of the molecule is CC[C@@H](NC(=O)N1CCc2cnc(C[C@H]3CC[C@H](O)C3)nc2C1)c1ccc(Cl)c(Cl)c1. The molecule has 1 fully saturated rings. The minimum atomic E-state index is -0.191. The van der Waals surface area contributed by atoms with Crippen molar-refractivity contribution in [2.45, 2.75) is 64.1 Å². The molecular formula is C23H28Cl2N4O2. The van der Waals surface area contributed by atoms with Gasteiger partial charge in [-0.1, -0.05) is 36.2 Å². The highest BCUT2D eigenvalue weighted by Gasteiger charge is 2.27. The van der Waals surface area contributed by atoms with Crippen LogP contribution >= 0.6 is 23.2 Å². The van der Waals surface area contributed by atoms with Gasteiger partial charge in [0.05, 0.1) is 34.4 Å². The quantitative estimate of drug-likeness (QED) is 0.674. The molecule has 2 heterocycles. The predicted octanol–water partition coefficient (Wildman–Crippen LogP) is 4.71. The molecule has 0 radical (unpaired) electrons. The number of carbonyl (C=O) groups excluding carboxylic acids is 1. The first-order chi connectivity index (χ1) is 14.9. The smallest absolute Gasteiger partial charge is 0.318 e.